The van der Waals surface area contributed by atoms with Crippen molar-refractivity contribution in [1.29, 1.82) is 0 Å². The Morgan fingerprint density at radius 2 is 1.90 bits per heavy atom. The van der Waals surface area contributed by atoms with Gasteiger partial charge in [-0.25, -0.2) is 8.42 Å². The van der Waals surface area contributed by atoms with Crippen LogP contribution in [0.2, 0.25) is 0 Å². The van der Waals surface area contributed by atoms with E-state index in [2.05, 4.69) is 5.32 Å². The molecule has 1 saturated heterocycles. The third kappa shape index (κ3) is 4.72. The van der Waals surface area contributed by atoms with Crippen molar-refractivity contribution in [1.82, 2.24) is 9.62 Å². The molecule has 1 amide bonds. The average Bonchev–Trinajstić information content (AvgIpc) is 3.22. The molecule has 1 aromatic heterocycles. The molecule has 1 aromatic carbocycles. The van der Waals surface area contributed by atoms with Crippen LogP contribution in [0.3, 0.4) is 0 Å². The minimum atomic E-state index is -3.53. The van der Waals surface area contributed by atoms with Crippen molar-refractivity contribution in [2.45, 2.75) is 16.7 Å². The molecule has 0 bridgehead atoms. The zero-order valence-corrected chi connectivity index (χ0v) is 17.3. The summed E-state index contributed by atoms with van der Waals surface area (Å²) in [6, 6.07) is 10.7. The van der Waals surface area contributed by atoms with Crippen molar-refractivity contribution >= 4 is 27.3 Å². The molecule has 8 nitrogen and oxygen atoms in total. The SMILES string of the molecule is O=C(Cc1ccc(S(=O)(=O)N2CCOCC2)s1)NCC1COc2ccccc2O1. The maximum absolute atomic E-state index is 12.7. The van der Waals surface area contributed by atoms with Gasteiger partial charge < -0.3 is 19.5 Å². The first-order chi connectivity index (χ1) is 14.0. The van der Waals surface area contributed by atoms with E-state index < -0.39 is 10.0 Å². The molecule has 0 spiro atoms. The summed E-state index contributed by atoms with van der Waals surface area (Å²) in [7, 11) is -3.53. The van der Waals surface area contributed by atoms with E-state index in [1.165, 1.54) is 4.31 Å². The van der Waals surface area contributed by atoms with Gasteiger partial charge in [-0.1, -0.05) is 12.1 Å². The number of nitrogens with zero attached hydrogens (tertiary/aromatic N) is 1. The molecule has 0 radical (unpaired) electrons. The molecule has 4 rings (SSSR count). The minimum Gasteiger partial charge on any atom is -0.486 e. The Morgan fingerprint density at radius 1 is 1.14 bits per heavy atom. The number of hydrogen-bond donors (Lipinski definition) is 1. The molecule has 3 heterocycles. The number of nitrogens with one attached hydrogen (secondary N) is 1. The quantitative estimate of drug-likeness (QED) is 0.730. The Hall–Kier alpha value is -2.14. The summed E-state index contributed by atoms with van der Waals surface area (Å²) >= 11 is 1.13. The van der Waals surface area contributed by atoms with Gasteiger partial charge in [0.05, 0.1) is 26.2 Å². The molecule has 2 aliphatic heterocycles. The lowest BCUT2D eigenvalue weighted by molar-refractivity contribution is -0.120. The number of sulfonamides is 1. The van der Waals surface area contributed by atoms with Crippen LogP contribution in [0.1, 0.15) is 4.88 Å². The summed E-state index contributed by atoms with van der Waals surface area (Å²) in [4.78, 5) is 13.0. The Kier molecular flexibility index (Phi) is 6.04. The fourth-order valence-electron chi connectivity index (χ4n) is 3.12. The topological polar surface area (TPSA) is 94.2 Å². The monoisotopic (exact) mass is 438 g/mol. The van der Waals surface area contributed by atoms with Gasteiger partial charge in [0.2, 0.25) is 5.91 Å². The molecule has 10 heteroatoms. The van der Waals surface area contributed by atoms with Crippen molar-refractivity contribution in [3.63, 3.8) is 0 Å². The number of fused-ring (bicyclic) bond motifs is 1. The van der Waals surface area contributed by atoms with E-state index in [-0.39, 0.29) is 22.6 Å². The number of para-hydroxylation sites is 2. The summed E-state index contributed by atoms with van der Waals surface area (Å²) in [5.74, 6) is 1.17. The second kappa shape index (κ2) is 8.70. The number of morpholine rings is 1. The van der Waals surface area contributed by atoms with Crippen molar-refractivity contribution in [3.8, 4) is 11.5 Å². The van der Waals surface area contributed by atoms with Gasteiger partial charge in [-0.05, 0) is 24.3 Å². The number of thiophene rings is 1. The predicted molar refractivity (Wildman–Crippen MR) is 107 cm³/mol. The van der Waals surface area contributed by atoms with Gasteiger partial charge in [0.15, 0.2) is 11.5 Å². The molecule has 29 heavy (non-hydrogen) atoms. The van der Waals surface area contributed by atoms with Crippen molar-refractivity contribution in [2.75, 3.05) is 39.5 Å². The van der Waals surface area contributed by atoms with Gasteiger partial charge >= 0.3 is 0 Å². The number of carbonyl (C=O) groups is 1. The smallest absolute Gasteiger partial charge is 0.252 e. The zero-order valence-electron chi connectivity index (χ0n) is 15.7. The first kappa shape index (κ1) is 20.1. The fraction of sp³-hybridized carbons (Fsp3) is 0.421. The second-order valence-electron chi connectivity index (χ2n) is 6.72. The van der Waals surface area contributed by atoms with Crippen LogP contribution in [-0.4, -0.2) is 64.2 Å². The molecule has 156 valence electrons. The number of hydrogen-bond acceptors (Lipinski definition) is 7. The van der Waals surface area contributed by atoms with Crippen LogP contribution < -0.4 is 14.8 Å². The predicted octanol–water partition coefficient (Wildman–Crippen LogP) is 1.27. The molecule has 0 saturated carbocycles. The van der Waals surface area contributed by atoms with Crippen LogP contribution in [0.4, 0.5) is 0 Å². The molecular weight excluding hydrogens is 416 g/mol. The lowest BCUT2D eigenvalue weighted by Crippen LogP contribution is -2.41. The molecule has 1 fully saturated rings. The van der Waals surface area contributed by atoms with Crippen molar-refractivity contribution < 1.29 is 27.4 Å². The van der Waals surface area contributed by atoms with Crippen LogP contribution in [0.5, 0.6) is 11.5 Å². The summed E-state index contributed by atoms with van der Waals surface area (Å²) in [5.41, 5.74) is 0. The zero-order chi connectivity index (χ0) is 20.3. The third-order valence-electron chi connectivity index (χ3n) is 4.63. The van der Waals surface area contributed by atoms with E-state index in [9.17, 15) is 13.2 Å². The summed E-state index contributed by atoms with van der Waals surface area (Å²) in [5, 5.41) is 2.83. The molecular formula is C19H22N2O6S2. The molecule has 0 aliphatic carbocycles. The number of benzene rings is 1. The van der Waals surface area contributed by atoms with Gasteiger partial charge in [-0.15, -0.1) is 11.3 Å². The highest BCUT2D eigenvalue weighted by Gasteiger charge is 2.28. The van der Waals surface area contributed by atoms with E-state index in [1.54, 1.807) is 12.1 Å². The first-order valence-electron chi connectivity index (χ1n) is 9.34. The van der Waals surface area contributed by atoms with E-state index in [0.717, 1.165) is 11.3 Å². The molecule has 1 unspecified atom stereocenters. The highest BCUT2D eigenvalue weighted by molar-refractivity contribution is 7.91. The van der Waals surface area contributed by atoms with Gasteiger partial charge in [0.1, 0.15) is 16.9 Å². The lowest BCUT2D eigenvalue weighted by atomic mass is 10.2. The summed E-state index contributed by atoms with van der Waals surface area (Å²) < 4.78 is 43.7. The van der Waals surface area contributed by atoms with Gasteiger partial charge in [-0.3, -0.25) is 4.79 Å². The summed E-state index contributed by atoms with van der Waals surface area (Å²) in [6.07, 6.45) is -0.151. The van der Waals surface area contributed by atoms with Gasteiger partial charge in [0.25, 0.3) is 10.0 Å². The highest BCUT2D eigenvalue weighted by atomic mass is 32.2. The van der Waals surface area contributed by atoms with E-state index in [0.29, 0.717) is 55.8 Å². The maximum atomic E-state index is 12.7. The second-order valence-corrected chi connectivity index (χ2v) is 10.0. The van der Waals surface area contributed by atoms with Crippen molar-refractivity contribution in [2.24, 2.45) is 0 Å². The molecule has 1 N–H and O–H groups in total. The van der Waals surface area contributed by atoms with Gasteiger partial charge in [-0.2, -0.15) is 4.31 Å². The average molecular weight is 439 g/mol. The van der Waals surface area contributed by atoms with E-state index >= 15 is 0 Å². The first-order valence-corrected chi connectivity index (χ1v) is 11.6. The Morgan fingerprint density at radius 3 is 2.69 bits per heavy atom. The number of carbonyl (C=O) groups excluding carboxylic acids is 1. The molecule has 2 aromatic rings. The largest absolute Gasteiger partial charge is 0.486 e. The Bertz CT molecular complexity index is 969. The number of amides is 1. The van der Waals surface area contributed by atoms with Crippen LogP contribution in [-0.2, 0) is 26.0 Å². The highest BCUT2D eigenvalue weighted by Crippen LogP contribution is 2.30. The minimum absolute atomic E-state index is 0.119. The number of rotatable bonds is 6. The van der Waals surface area contributed by atoms with Crippen LogP contribution in [0.25, 0.3) is 0 Å². The van der Waals surface area contributed by atoms with Crippen LogP contribution >= 0.6 is 11.3 Å². The normalized spacial score (nSPS) is 19.7. The van der Waals surface area contributed by atoms with Crippen LogP contribution in [0, 0.1) is 0 Å². The van der Waals surface area contributed by atoms with E-state index in [4.69, 9.17) is 14.2 Å². The van der Waals surface area contributed by atoms with Gasteiger partial charge in [0, 0.05) is 18.0 Å². The summed E-state index contributed by atoms with van der Waals surface area (Å²) in [6.45, 7) is 2.18. The fourth-order valence-corrected chi connectivity index (χ4v) is 6.03. The third-order valence-corrected chi connectivity index (χ3v) is 8.08. The lowest BCUT2D eigenvalue weighted by Gasteiger charge is -2.26. The van der Waals surface area contributed by atoms with Crippen molar-refractivity contribution in [3.05, 3.63) is 41.3 Å². The maximum Gasteiger partial charge on any atom is 0.252 e. The molecule has 1 atom stereocenters. The molecule has 2 aliphatic rings. The van der Waals surface area contributed by atoms with E-state index in [1.807, 2.05) is 24.3 Å². The standard InChI is InChI=1S/C19H22N2O6S2/c22-18(20-12-14-13-26-16-3-1-2-4-17(16)27-14)11-15-5-6-19(28-15)29(23,24)21-7-9-25-10-8-21/h1-6,14H,7-13H2,(H,20,22). The Balaban J connectivity index is 1.29. The Labute approximate surface area is 173 Å². The number of ether oxygens (including phenoxy) is 3. The van der Waals surface area contributed by atoms with Crippen LogP contribution in [0.15, 0.2) is 40.6 Å².